The van der Waals surface area contributed by atoms with Gasteiger partial charge < -0.3 is 5.11 Å². The Morgan fingerprint density at radius 1 is 1.00 bits per heavy atom. The molecule has 0 aliphatic carbocycles. The number of carboxylic acid groups (broad SMARTS) is 1. The number of carbonyl (C=O) groups is 2. The summed E-state index contributed by atoms with van der Waals surface area (Å²) in [5, 5.41) is 12.4. The van der Waals surface area contributed by atoms with Crippen LogP contribution in [0, 0.1) is 0 Å². The van der Waals surface area contributed by atoms with Gasteiger partial charge >= 0.3 is 5.97 Å². The first kappa shape index (κ1) is 15.9. The first-order chi connectivity index (χ1) is 10.6. The van der Waals surface area contributed by atoms with Crippen molar-refractivity contribution in [1.82, 2.24) is 5.32 Å². The third-order valence-electron chi connectivity index (χ3n) is 3.53. The van der Waals surface area contributed by atoms with E-state index < -0.39 is 12.0 Å². The largest absolute Gasteiger partial charge is 0.480 e. The molecule has 0 aromatic heterocycles. The second-order valence-electron chi connectivity index (χ2n) is 5.18. The summed E-state index contributed by atoms with van der Waals surface area (Å²) < 4.78 is 0. The minimum atomic E-state index is -1.02. The van der Waals surface area contributed by atoms with E-state index in [1.54, 1.807) is 24.3 Å². The van der Waals surface area contributed by atoms with Crippen LogP contribution in [0.1, 0.15) is 35.3 Å². The van der Waals surface area contributed by atoms with E-state index in [1.165, 1.54) is 0 Å². The quantitative estimate of drug-likeness (QED) is 0.771. The lowest BCUT2D eigenvalue weighted by Gasteiger charge is -2.20. The Kier molecular flexibility index (Phi) is 5.44. The van der Waals surface area contributed by atoms with E-state index in [4.69, 9.17) is 0 Å². The monoisotopic (exact) mass is 297 g/mol. The lowest BCUT2D eigenvalue weighted by molar-refractivity contribution is -0.139. The van der Waals surface area contributed by atoms with Gasteiger partial charge in [-0.25, -0.2) is 0 Å². The van der Waals surface area contributed by atoms with Crippen LogP contribution in [0.3, 0.4) is 0 Å². The molecule has 0 unspecified atom stereocenters. The summed E-state index contributed by atoms with van der Waals surface area (Å²) in [7, 11) is 0. The van der Waals surface area contributed by atoms with Crippen LogP contribution in [0.4, 0.5) is 0 Å². The van der Waals surface area contributed by atoms with E-state index >= 15 is 0 Å². The first-order valence-electron chi connectivity index (χ1n) is 7.20. The maximum atomic E-state index is 12.2. The molecule has 0 aliphatic heterocycles. The van der Waals surface area contributed by atoms with Crippen molar-refractivity contribution in [2.45, 2.75) is 25.4 Å². The number of hydrogen-bond acceptors (Lipinski definition) is 3. The fourth-order valence-electron chi connectivity index (χ4n) is 2.28. The zero-order valence-electron chi connectivity index (χ0n) is 12.4. The molecule has 2 N–H and O–H groups in total. The molecule has 4 heteroatoms. The molecule has 4 nitrogen and oxygen atoms in total. The molecule has 22 heavy (non-hydrogen) atoms. The first-order valence-corrected chi connectivity index (χ1v) is 7.20. The lowest BCUT2D eigenvalue weighted by Crippen LogP contribution is -2.40. The number of nitrogens with one attached hydrogen (secondary N) is 1. The highest BCUT2D eigenvalue weighted by Gasteiger charge is 2.23. The maximum absolute atomic E-state index is 12.2. The Labute approximate surface area is 129 Å². The van der Waals surface area contributed by atoms with Gasteiger partial charge in [-0.2, -0.15) is 0 Å². The Morgan fingerprint density at radius 2 is 1.55 bits per heavy atom. The zero-order chi connectivity index (χ0) is 15.9. The van der Waals surface area contributed by atoms with Crippen molar-refractivity contribution in [1.29, 1.82) is 0 Å². The molecule has 2 aromatic rings. The van der Waals surface area contributed by atoms with Gasteiger partial charge in [0.2, 0.25) is 0 Å². The minimum absolute atomic E-state index is 0.0729. The second kappa shape index (κ2) is 7.52. The SMILES string of the molecule is C[C@@H](N[C@H](CC(=O)c1ccccc1)C(=O)O)c1ccccc1. The van der Waals surface area contributed by atoms with Crippen LogP contribution in [0.25, 0.3) is 0 Å². The normalized spacial score (nSPS) is 13.3. The summed E-state index contributed by atoms with van der Waals surface area (Å²) in [5.74, 6) is -1.20. The smallest absolute Gasteiger partial charge is 0.321 e. The molecule has 2 rings (SSSR count). The van der Waals surface area contributed by atoms with Gasteiger partial charge in [-0.05, 0) is 12.5 Å². The Hall–Kier alpha value is -2.46. The van der Waals surface area contributed by atoms with Gasteiger partial charge in [0.05, 0.1) is 0 Å². The van der Waals surface area contributed by atoms with Crippen LogP contribution in [0.5, 0.6) is 0 Å². The van der Waals surface area contributed by atoms with Gasteiger partial charge in [-0.3, -0.25) is 14.9 Å². The molecule has 0 heterocycles. The molecular formula is C18H19NO3. The highest BCUT2D eigenvalue weighted by atomic mass is 16.4. The molecule has 0 bridgehead atoms. The summed E-state index contributed by atoms with van der Waals surface area (Å²) in [5.41, 5.74) is 1.52. The van der Waals surface area contributed by atoms with Crippen molar-refractivity contribution >= 4 is 11.8 Å². The van der Waals surface area contributed by atoms with Gasteiger partial charge in [-0.1, -0.05) is 60.7 Å². The number of benzene rings is 2. The molecule has 2 atom stereocenters. The molecule has 0 saturated carbocycles. The van der Waals surface area contributed by atoms with E-state index in [-0.39, 0.29) is 18.2 Å². The van der Waals surface area contributed by atoms with Crippen molar-refractivity contribution < 1.29 is 14.7 Å². The third-order valence-corrected chi connectivity index (χ3v) is 3.53. The van der Waals surface area contributed by atoms with E-state index in [1.807, 2.05) is 43.3 Å². The highest BCUT2D eigenvalue weighted by Crippen LogP contribution is 2.14. The number of aliphatic carboxylic acids is 1. The van der Waals surface area contributed by atoms with E-state index in [0.717, 1.165) is 5.56 Å². The summed E-state index contributed by atoms with van der Waals surface area (Å²) in [6.45, 7) is 1.89. The zero-order valence-corrected chi connectivity index (χ0v) is 12.4. The molecule has 0 fully saturated rings. The topological polar surface area (TPSA) is 66.4 Å². The Morgan fingerprint density at radius 3 is 2.09 bits per heavy atom. The predicted octanol–water partition coefficient (Wildman–Crippen LogP) is 3.06. The average molecular weight is 297 g/mol. The predicted molar refractivity (Wildman–Crippen MR) is 84.8 cm³/mol. The number of Topliss-reactive ketones (excluding diaryl/α,β-unsaturated/α-hetero) is 1. The van der Waals surface area contributed by atoms with Crippen molar-refractivity contribution in [3.63, 3.8) is 0 Å². The third kappa shape index (κ3) is 4.27. The molecule has 0 spiro atoms. The number of rotatable bonds is 7. The van der Waals surface area contributed by atoms with Crippen LogP contribution < -0.4 is 5.32 Å². The summed E-state index contributed by atoms with van der Waals surface area (Å²) in [4.78, 5) is 23.6. The van der Waals surface area contributed by atoms with Gasteiger partial charge in [0, 0.05) is 18.0 Å². The minimum Gasteiger partial charge on any atom is -0.480 e. The summed E-state index contributed by atoms with van der Waals surface area (Å²) >= 11 is 0. The number of carboxylic acids is 1. The number of carbonyl (C=O) groups excluding carboxylic acids is 1. The summed E-state index contributed by atoms with van der Waals surface area (Å²) in [6.07, 6.45) is -0.0729. The molecule has 0 saturated heterocycles. The maximum Gasteiger partial charge on any atom is 0.321 e. The highest BCUT2D eigenvalue weighted by molar-refractivity contribution is 5.98. The lowest BCUT2D eigenvalue weighted by atomic mass is 10.0. The van der Waals surface area contributed by atoms with Crippen LogP contribution in [0.15, 0.2) is 60.7 Å². The number of hydrogen-bond donors (Lipinski definition) is 2. The average Bonchev–Trinajstić information content (AvgIpc) is 2.55. The van der Waals surface area contributed by atoms with Crippen molar-refractivity contribution in [3.8, 4) is 0 Å². The molecule has 2 aromatic carbocycles. The molecule has 114 valence electrons. The molecule has 0 aliphatic rings. The fraction of sp³-hybridized carbons (Fsp3) is 0.222. The standard InChI is InChI=1S/C18H19NO3/c1-13(14-8-4-2-5-9-14)19-16(18(21)22)12-17(20)15-10-6-3-7-11-15/h2-11,13,16,19H,12H2,1H3,(H,21,22)/t13-,16-/m1/s1. The van der Waals surface area contributed by atoms with Crippen LogP contribution in [0.2, 0.25) is 0 Å². The van der Waals surface area contributed by atoms with Crippen molar-refractivity contribution in [2.24, 2.45) is 0 Å². The molecule has 0 amide bonds. The summed E-state index contributed by atoms with van der Waals surface area (Å²) in [6, 6.07) is 17.2. The molecular weight excluding hydrogens is 278 g/mol. The Balaban J connectivity index is 2.04. The second-order valence-corrected chi connectivity index (χ2v) is 5.18. The molecule has 0 radical (unpaired) electrons. The van der Waals surface area contributed by atoms with E-state index in [9.17, 15) is 14.7 Å². The number of ketones is 1. The fourth-order valence-corrected chi connectivity index (χ4v) is 2.28. The van der Waals surface area contributed by atoms with E-state index in [0.29, 0.717) is 5.56 Å². The van der Waals surface area contributed by atoms with Gasteiger partial charge in [0.25, 0.3) is 0 Å². The van der Waals surface area contributed by atoms with Gasteiger partial charge in [-0.15, -0.1) is 0 Å². The van der Waals surface area contributed by atoms with Gasteiger partial charge in [0.15, 0.2) is 5.78 Å². The van der Waals surface area contributed by atoms with Gasteiger partial charge in [0.1, 0.15) is 6.04 Å². The van der Waals surface area contributed by atoms with Crippen LogP contribution in [-0.2, 0) is 4.79 Å². The van der Waals surface area contributed by atoms with Crippen molar-refractivity contribution in [2.75, 3.05) is 0 Å². The van der Waals surface area contributed by atoms with Crippen LogP contribution in [-0.4, -0.2) is 22.9 Å². The Bertz CT molecular complexity index is 625. The van der Waals surface area contributed by atoms with Crippen LogP contribution >= 0.6 is 0 Å². The van der Waals surface area contributed by atoms with E-state index in [2.05, 4.69) is 5.32 Å². The van der Waals surface area contributed by atoms with Crippen molar-refractivity contribution in [3.05, 3.63) is 71.8 Å².